The van der Waals surface area contributed by atoms with Crippen molar-refractivity contribution in [2.75, 3.05) is 13.7 Å². The number of hydrogen-bond acceptors (Lipinski definition) is 4. The predicted octanol–water partition coefficient (Wildman–Crippen LogP) is 4.43. The Balaban J connectivity index is 4.74. The molecule has 0 rings (SSSR count). The van der Waals surface area contributed by atoms with Crippen LogP contribution in [-0.4, -0.2) is 29.5 Å². The average Bonchev–Trinajstić information content (AvgIpc) is 2.34. The Labute approximate surface area is 121 Å². The molecule has 0 aliphatic rings. The zero-order valence-electron chi connectivity index (χ0n) is 12.1. The van der Waals surface area contributed by atoms with Gasteiger partial charge in [-0.05, 0) is 31.6 Å². The average molecular weight is 311 g/mol. The summed E-state index contributed by atoms with van der Waals surface area (Å²) in [5.74, 6) is 0.115. The Morgan fingerprint density at radius 3 is 2.50 bits per heavy atom. The highest BCUT2D eigenvalue weighted by molar-refractivity contribution is 8.69. The van der Waals surface area contributed by atoms with E-state index in [0.29, 0.717) is 18.3 Å². The van der Waals surface area contributed by atoms with Crippen molar-refractivity contribution < 1.29 is 9.32 Å². The molecule has 0 spiro atoms. The molecule has 1 amide bonds. The molecule has 2 atom stereocenters. The minimum absolute atomic E-state index is 0.115. The Bertz CT molecular complexity index is 300. The van der Waals surface area contributed by atoms with Crippen molar-refractivity contribution in [3.63, 3.8) is 0 Å². The van der Waals surface area contributed by atoms with Crippen molar-refractivity contribution in [3.05, 3.63) is 0 Å². The largest absolute Gasteiger partial charge is 0.327 e. The molecule has 108 valence electrons. The summed E-state index contributed by atoms with van der Waals surface area (Å²) in [6.45, 7) is 8.84. The Morgan fingerprint density at radius 2 is 2.06 bits per heavy atom. The van der Waals surface area contributed by atoms with Crippen LogP contribution >= 0.6 is 17.0 Å². The molecule has 3 nitrogen and oxygen atoms in total. The monoisotopic (exact) mass is 311 g/mol. The van der Waals surface area contributed by atoms with E-state index in [4.69, 9.17) is 16.3 Å². The summed E-state index contributed by atoms with van der Waals surface area (Å²) in [5.41, 5.74) is -2.25. The summed E-state index contributed by atoms with van der Waals surface area (Å²) in [4.78, 5) is 12.1. The first-order chi connectivity index (χ1) is 8.41. The molecular formula is C12H26NO2PS2. The molecule has 0 aliphatic heterocycles. The van der Waals surface area contributed by atoms with Crippen LogP contribution < -0.4 is 0 Å². The molecule has 2 unspecified atom stereocenters. The quantitative estimate of drug-likeness (QED) is 0.589. The van der Waals surface area contributed by atoms with E-state index in [9.17, 15) is 4.79 Å². The number of carbonyl (C=O) groups is 1. The van der Waals surface area contributed by atoms with E-state index in [1.807, 2.05) is 6.92 Å². The second-order valence-electron chi connectivity index (χ2n) is 4.23. The molecule has 6 heteroatoms. The van der Waals surface area contributed by atoms with Crippen molar-refractivity contribution in [3.8, 4) is 0 Å². The number of unbranched alkanes of at least 4 members (excludes halogenated alkanes) is 1. The molecule has 0 aromatic carbocycles. The van der Waals surface area contributed by atoms with Gasteiger partial charge in [-0.1, -0.05) is 38.6 Å². The first-order valence-corrected chi connectivity index (χ1v) is 10.8. The third kappa shape index (κ3) is 6.05. The lowest BCUT2D eigenvalue weighted by Crippen LogP contribution is -2.24. The zero-order chi connectivity index (χ0) is 14.2. The van der Waals surface area contributed by atoms with Crippen LogP contribution in [0.2, 0.25) is 0 Å². The van der Waals surface area contributed by atoms with E-state index in [2.05, 4.69) is 20.8 Å². The second-order valence-corrected chi connectivity index (χ2v) is 11.3. The fourth-order valence-corrected chi connectivity index (χ4v) is 7.88. The number of carbonyl (C=O) groups excluding carboxylic acids is 1. The summed E-state index contributed by atoms with van der Waals surface area (Å²) < 4.78 is 7.45. The van der Waals surface area contributed by atoms with Gasteiger partial charge in [0.2, 0.25) is 11.5 Å². The molecule has 0 fully saturated rings. The molecule has 0 saturated carbocycles. The molecule has 0 N–H and O–H groups in total. The lowest BCUT2D eigenvalue weighted by Gasteiger charge is -2.32. The minimum Gasteiger partial charge on any atom is -0.327 e. The second kappa shape index (κ2) is 9.35. The molecule has 0 radical (unpaired) electrons. The van der Waals surface area contributed by atoms with Gasteiger partial charge >= 0.3 is 0 Å². The molecule has 0 heterocycles. The topological polar surface area (TPSA) is 29.5 Å². The van der Waals surface area contributed by atoms with E-state index in [-0.39, 0.29) is 5.91 Å². The van der Waals surface area contributed by atoms with Gasteiger partial charge < -0.3 is 4.52 Å². The Hall–Kier alpha value is 0.430. The van der Waals surface area contributed by atoms with E-state index in [1.54, 1.807) is 23.1 Å². The molecular weight excluding hydrogens is 285 g/mol. The summed E-state index contributed by atoms with van der Waals surface area (Å²) in [6, 6.07) is 0. The predicted molar refractivity (Wildman–Crippen MR) is 85.6 cm³/mol. The van der Waals surface area contributed by atoms with Crippen LogP contribution in [0.4, 0.5) is 0 Å². The van der Waals surface area contributed by atoms with Crippen molar-refractivity contribution >= 4 is 34.7 Å². The standard InChI is InChI=1S/C12H26NO2PS2/c1-6-9-10-12(14)13(5)16(17,15-8-3)18-11(4)7-2/h11H,6-10H2,1-5H3. The number of hydrogen-bond donors (Lipinski definition) is 0. The third-order valence-electron chi connectivity index (χ3n) is 2.65. The molecule has 0 aliphatic carbocycles. The molecule has 18 heavy (non-hydrogen) atoms. The maximum Gasteiger partial charge on any atom is 0.228 e. The number of amides is 1. The first kappa shape index (κ1) is 18.4. The van der Waals surface area contributed by atoms with Crippen molar-refractivity contribution in [1.29, 1.82) is 0 Å². The Kier molecular flexibility index (Phi) is 9.58. The molecule has 0 saturated heterocycles. The van der Waals surface area contributed by atoms with E-state index in [1.165, 1.54) is 0 Å². The number of nitrogens with zero attached hydrogens (tertiary/aromatic N) is 1. The van der Waals surface area contributed by atoms with Crippen molar-refractivity contribution in [1.82, 2.24) is 4.67 Å². The summed E-state index contributed by atoms with van der Waals surface area (Å²) >= 11 is 7.30. The van der Waals surface area contributed by atoms with Gasteiger partial charge in [0, 0.05) is 18.7 Å². The van der Waals surface area contributed by atoms with E-state index >= 15 is 0 Å². The highest BCUT2D eigenvalue weighted by atomic mass is 32.9. The minimum atomic E-state index is -2.25. The fourth-order valence-electron chi connectivity index (χ4n) is 1.28. The van der Waals surface area contributed by atoms with Gasteiger partial charge in [0.1, 0.15) is 0 Å². The van der Waals surface area contributed by atoms with Gasteiger partial charge in [0.05, 0.1) is 6.61 Å². The normalized spacial score (nSPS) is 16.1. The van der Waals surface area contributed by atoms with E-state index in [0.717, 1.165) is 19.3 Å². The van der Waals surface area contributed by atoms with Crippen molar-refractivity contribution in [2.24, 2.45) is 0 Å². The zero-order valence-corrected chi connectivity index (χ0v) is 14.7. The highest BCUT2D eigenvalue weighted by Gasteiger charge is 2.29. The lowest BCUT2D eigenvalue weighted by atomic mass is 10.2. The summed E-state index contributed by atoms with van der Waals surface area (Å²) in [7, 11) is 1.80. The van der Waals surface area contributed by atoms with E-state index < -0.39 is 5.62 Å². The first-order valence-electron chi connectivity index (χ1n) is 6.61. The van der Waals surface area contributed by atoms with Crippen LogP contribution in [0.3, 0.4) is 0 Å². The van der Waals surface area contributed by atoms with Gasteiger partial charge in [-0.3, -0.25) is 9.46 Å². The van der Waals surface area contributed by atoms with Crippen molar-refractivity contribution in [2.45, 2.75) is 58.6 Å². The highest BCUT2D eigenvalue weighted by Crippen LogP contribution is 2.64. The van der Waals surface area contributed by atoms with Gasteiger partial charge in [-0.25, -0.2) is 0 Å². The summed E-state index contributed by atoms with van der Waals surface area (Å²) in [6.07, 6.45) is 3.54. The van der Waals surface area contributed by atoms with Crippen LogP contribution in [0.1, 0.15) is 53.4 Å². The fraction of sp³-hybridized carbons (Fsp3) is 0.917. The molecule has 0 aromatic rings. The maximum atomic E-state index is 12.1. The van der Waals surface area contributed by atoms with Crippen LogP contribution in [0.5, 0.6) is 0 Å². The van der Waals surface area contributed by atoms with Gasteiger partial charge in [0.15, 0.2) is 0 Å². The molecule has 0 bridgehead atoms. The lowest BCUT2D eigenvalue weighted by molar-refractivity contribution is -0.125. The Morgan fingerprint density at radius 1 is 1.44 bits per heavy atom. The van der Waals surface area contributed by atoms with Crippen LogP contribution in [-0.2, 0) is 21.1 Å². The van der Waals surface area contributed by atoms with Gasteiger partial charge in [-0.15, -0.1) is 0 Å². The van der Waals surface area contributed by atoms with Gasteiger partial charge in [-0.2, -0.15) is 0 Å². The smallest absolute Gasteiger partial charge is 0.228 e. The number of rotatable bonds is 9. The SMILES string of the molecule is CCCCC(=O)N(C)P(=S)(OCC)SC(C)CC. The van der Waals surface area contributed by atoms with Crippen LogP contribution in [0.15, 0.2) is 0 Å². The summed E-state index contributed by atoms with van der Waals surface area (Å²) in [5, 5.41) is 0.420. The van der Waals surface area contributed by atoms with Gasteiger partial charge in [0.25, 0.3) is 0 Å². The molecule has 0 aromatic heterocycles. The third-order valence-corrected chi connectivity index (χ3v) is 9.91. The van der Waals surface area contributed by atoms with Crippen LogP contribution in [0, 0.1) is 0 Å². The maximum absolute atomic E-state index is 12.1. The van der Waals surface area contributed by atoms with Crippen LogP contribution in [0.25, 0.3) is 0 Å².